The smallest absolute Gasteiger partial charge is 0.326 e. The zero-order valence-corrected chi connectivity index (χ0v) is 11.4. The number of aryl methyl sites for hydroxylation is 2. The summed E-state index contributed by atoms with van der Waals surface area (Å²) in [7, 11) is 0. The van der Waals surface area contributed by atoms with E-state index in [-0.39, 0.29) is 25.0 Å². The molecule has 0 fully saturated rings. The third-order valence-corrected chi connectivity index (χ3v) is 3.23. The van der Waals surface area contributed by atoms with Crippen LogP contribution in [0.15, 0.2) is 12.1 Å². The Labute approximate surface area is 112 Å². The Morgan fingerprint density at radius 1 is 1.37 bits per heavy atom. The lowest BCUT2D eigenvalue weighted by molar-refractivity contribution is -0.142. The fourth-order valence-electron chi connectivity index (χ4n) is 2.08. The number of fused-ring (bicyclic) bond motifs is 1. The van der Waals surface area contributed by atoms with E-state index in [9.17, 15) is 9.59 Å². The minimum atomic E-state index is -0.387. The molecule has 102 valence electrons. The summed E-state index contributed by atoms with van der Waals surface area (Å²) in [5.41, 5.74) is 3.86. The minimum absolute atomic E-state index is 0.0378. The fraction of sp³-hybridized carbons (Fsp3) is 0.429. The molecular weight excluding hydrogens is 244 g/mol. The average molecular weight is 262 g/mol. The molecule has 1 aliphatic heterocycles. The van der Waals surface area contributed by atoms with Crippen molar-refractivity contribution < 1.29 is 14.3 Å². The highest BCUT2D eigenvalue weighted by atomic mass is 16.5. The standard InChI is InChI=1S/C14H18N2O3/c1-4-19-14(18)8-16-12-6-10(3)9(2)5-11(12)15-7-13(16)17/h5-6,15H,4,7-8H2,1-3H3. The van der Waals surface area contributed by atoms with E-state index in [1.54, 1.807) is 6.92 Å². The number of rotatable bonds is 3. The van der Waals surface area contributed by atoms with Crippen LogP contribution in [0.3, 0.4) is 0 Å². The molecule has 5 heteroatoms. The van der Waals surface area contributed by atoms with Gasteiger partial charge in [0.05, 0.1) is 24.5 Å². The molecule has 0 bridgehead atoms. The number of ether oxygens (including phenoxy) is 1. The summed E-state index contributed by atoms with van der Waals surface area (Å²) < 4.78 is 4.91. The lowest BCUT2D eigenvalue weighted by atomic mass is 10.1. The minimum Gasteiger partial charge on any atom is -0.465 e. The molecule has 0 atom stereocenters. The number of anilines is 2. The second-order valence-corrected chi connectivity index (χ2v) is 4.59. The molecule has 5 nitrogen and oxygen atoms in total. The zero-order valence-electron chi connectivity index (χ0n) is 11.4. The molecule has 0 saturated carbocycles. The number of carbonyl (C=O) groups is 2. The molecule has 1 N–H and O–H groups in total. The Morgan fingerprint density at radius 3 is 2.74 bits per heavy atom. The van der Waals surface area contributed by atoms with Gasteiger partial charge in [-0.15, -0.1) is 0 Å². The van der Waals surface area contributed by atoms with Gasteiger partial charge in [-0.3, -0.25) is 14.5 Å². The van der Waals surface area contributed by atoms with Gasteiger partial charge in [0.15, 0.2) is 0 Å². The second kappa shape index (κ2) is 5.30. The first kappa shape index (κ1) is 13.4. The zero-order chi connectivity index (χ0) is 14.0. The van der Waals surface area contributed by atoms with E-state index in [1.807, 2.05) is 26.0 Å². The van der Waals surface area contributed by atoms with Crippen LogP contribution in [0.1, 0.15) is 18.1 Å². The monoisotopic (exact) mass is 262 g/mol. The lowest BCUT2D eigenvalue weighted by Crippen LogP contribution is -2.43. The normalized spacial score (nSPS) is 13.8. The van der Waals surface area contributed by atoms with Crippen LogP contribution in [0.25, 0.3) is 0 Å². The second-order valence-electron chi connectivity index (χ2n) is 4.59. The molecule has 0 saturated heterocycles. The first-order valence-corrected chi connectivity index (χ1v) is 6.34. The van der Waals surface area contributed by atoms with Gasteiger partial charge in [0, 0.05) is 0 Å². The van der Waals surface area contributed by atoms with E-state index >= 15 is 0 Å². The molecule has 1 heterocycles. The SMILES string of the molecule is CCOC(=O)CN1C(=O)CNc2cc(C)c(C)cc21. The summed E-state index contributed by atoms with van der Waals surface area (Å²) in [5, 5.41) is 3.07. The Balaban J connectivity index is 2.32. The molecule has 2 rings (SSSR count). The highest BCUT2D eigenvalue weighted by molar-refractivity contribution is 6.05. The Bertz CT molecular complexity index is 526. The number of benzene rings is 1. The van der Waals surface area contributed by atoms with Crippen LogP contribution in [0, 0.1) is 13.8 Å². The van der Waals surface area contributed by atoms with Gasteiger partial charge in [0.1, 0.15) is 6.54 Å². The Morgan fingerprint density at radius 2 is 2.05 bits per heavy atom. The molecule has 0 aliphatic carbocycles. The van der Waals surface area contributed by atoms with Crippen molar-refractivity contribution in [1.29, 1.82) is 0 Å². The van der Waals surface area contributed by atoms with E-state index in [2.05, 4.69) is 5.32 Å². The molecule has 1 amide bonds. The number of hydrogen-bond acceptors (Lipinski definition) is 4. The molecule has 0 radical (unpaired) electrons. The van der Waals surface area contributed by atoms with Crippen molar-refractivity contribution in [3.05, 3.63) is 23.3 Å². The van der Waals surface area contributed by atoms with Crippen molar-refractivity contribution >= 4 is 23.3 Å². The molecule has 1 aliphatic rings. The maximum atomic E-state index is 11.9. The maximum absolute atomic E-state index is 11.9. The third kappa shape index (κ3) is 2.70. The predicted molar refractivity (Wildman–Crippen MR) is 73.4 cm³/mol. The molecule has 0 unspecified atom stereocenters. The largest absolute Gasteiger partial charge is 0.465 e. The number of amides is 1. The summed E-state index contributed by atoms with van der Waals surface area (Å²) in [6.45, 7) is 6.23. The first-order chi connectivity index (χ1) is 9.02. The number of nitrogens with one attached hydrogen (secondary N) is 1. The van der Waals surface area contributed by atoms with Crippen LogP contribution in [-0.2, 0) is 14.3 Å². The number of carbonyl (C=O) groups excluding carboxylic acids is 2. The van der Waals surface area contributed by atoms with E-state index < -0.39 is 0 Å². The quantitative estimate of drug-likeness (QED) is 0.841. The lowest BCUT2D eigenvalue weighted by Gasteiger charge is -2.30. The van der Waals surface area contributed by atoms with Crippen molar-refractivity contribution in [1.82, 2.24) is 0 Å². The number of hydrogen-bond donors (Lipinski definition) is 1. The number of nitrogens with zero attached hydrogens (tertiary/aromatic N) is 1. The summed E-state index contributed by atoms with van der Waals surface area (Å²) in [6.07, 6.45) is 0. The van der Waals surface area contributed by atoms with Crippen molar-refractivity contribution in [3.8, 4) is 0 Å². The van der Waals surface area contributed by atoms with Gasteiger partial charge >= 0.3 is 5.97 Å². The van der Waals surface area contributed by atoms with Gasteiger partial charge in [0.2, 0.25) is 5.91 Å². The molecule has 19 heavy (non-hydrogen) atoms. The highest BCUT2D eigenvalue weighted by Gasteiger charge is 2.26. The van der Waals surface area contributed by atoms with Crippen molar-refractivity contribution in [3.63, 3.8) is 0 Å². The van der Waals surface area contributed by atoms with Crippen LogP contribution in [-0.4, -0.2) is 31.6 Å². The van der Waals surface area contributed by atoms with Crippen LogP contribution in [0.4, 0.5) is 11.4 Å². The molecule has 0 spiro atoms. The fourth-order valence-corrected chi connectivity index (χ4v) is 2.08. The van der Waals surface area contributed by atoms with E-state index in [0.29, 0.717) is 6.61 Å². The summed E-state index contributed by atoms with van der Waals surface area (Å²) in [6, 6.07) is 3.92. The molecule has 1 aromatic carbocycles. The van der Waals surface area contributed by atoms with Crippen LogP contribution < -0.4 is 10.2 Å². The van der Waals surface area contributed by atoms with Crippen molar-refractivity contribution in [2.45, 2.75) is 20.8 Å². The van der Waals surface area contributed by atoms with Gasteiger partial charge in [-0.2, -0.15) is 0 Å². The molecular formula is C14H18N2O3. The van der Waals surface area contributed by atoms with E-state index in [4.69, 9.17) is 4.74 Å². The van der Waals surface area contributed by atoms with Gasteiger partial charge in [-0.1, -0.05) is 0 Å². The first-order valence-electron chi connectivity index (χ1n) is 6.34. The van der Waals surface area contributed by atoms with Gasteiger partial charge in [0.25, 0.3) is 0 Å². The molecule has 0 aromatic heterocycles. The van der Waals surface area contributed by atoms with E-state index in [1.165, 1.54) is 4.90 Å². The Kier molecular flexibility index (Phi) is 3.74. The van der Waals surface area contributed by atoms with Gasteiger partial charge in [-0.25, -0.2) is 0 Å². The Hall–Kier alpha value is -2.04. The van der Waals surface area contributed by atoms with Gasteiger partial charge in [-0.05, 0) is 44.0 Å². The number of esters is 1. The maximum Gasteiger partial charge on any atom is 0.326 e. The summed E-state index contributed by atoms with van der Waals surface area (Å²) >= 11 is 0. The average Bonchev–Trinajstić information content (AvgIpc) is 2.36. The van der Waals surface area contributed by atoms with E-state index in [0.717, 1.165) is 22.5 Å². The molecule has 1 aromatic rings. The topological polar surface area (TPSA) is 58.6 Å². The van der Waals surface area contributed by atoms with Crippen molar-refractivity contribution in [2.24, 2.45) is 0 Å². The predicted octanol–water partition coefficient (Wildman–Crippen LogP) is 1.63. The van der Waals surface area contributed by atoms with Crippen molar-refractivity contribution in [2.75, 3.05) is 29.9 Å². The summed E-state index contributed by atoms with van der Waals surface area (Å²) in [5.74, 6) is -0.509. The summed E-state index contributed by atoms with van der Waals surface area (Å²) in [4.78, 5) is 25.0. The van der Waals surface area contributed by atoms with Gasteiger partial charge < -0.3 is 10.1 Å². The highest BCUT2D eigenvalue weighted by Crippen LogP contribution is 2.32. The van der Waals surface area contributed by atoms with Crippen LogP contribution >= 0.6 is 0 Å². The van der Waals surface area contributed by atoms with Crippen LogP contribution in [0.5, 0.6) is 0 Å². The third-order valence-electron chi connectivity index (χ3n) is 3.23. The van der Waals surface area contributed by atoms with Crippen LogP contribution in [0.2, 0.25) is 0 Å².